The fourth-order valence-electron chi connectivity index (χ4n) is 0. The molecule has 7 N–H and O–H groups in total. The molecule has 0 saturated carbocycles. The Morgan fingerprint density at radius 2 is 1.25 bits per heavy atom. The number of hydrogen-bond acceptors (Lipinski definition) is 5. The number of aliphatic hydroxyl groups excluding tert-OH is 2. The molecule has 0 spiro atoms. The van der Waals surface area contributed by atoms with Gasteiger partial charge in [-0.2, -0.15) is 0 Å². The van der Waals surface area contributed by atoms with E-state index in [0.29, 0.717) is 13.1 Å². The Morgan fingerprint density at radius 3 is 1.25 bits per heavy atom. The lowest BCUT2D eigenvalue weighted by atomic mass is 10.8. The fraction of sp³-hybridized carbons (Fsp3) is 0.833. The summed E-state index contributed by atoms with van der Waals surface area (Å²) in [4.78, 5) is 9.00. The summed E-state index contributed by atoms with van der Waals surface area (Å²) in [5.74, 6) is -0.833. The zero-order chi connectivity index (χ0) is 10.4. The minimum absolute atomic E-state index is 0.0972. The van der Waals surface area contributed by atoms with Crippen LogP contribution in [0.3, 0.4) is 0 Å². The topological polar surface area (TPSA) is 130 Å². The number of carbonyl (C=O) groups is 1. The molecule has 0 aromatic heterocycles. The lowest BCUT2D eigenvalue weighted by molar-refractivity contribution is -0.134. The van der Waals surface area contributed by atoms with Gasteiger partial charge in [-0.05, 0) is 0 Å². The molecule has 0 heterocycles. The Hall–Kier alpha value is -0.690. The maximum atomic E-state index is 9.00. The van der Waals surface area contributed by atoms with E-state index in [4.69, 9.17) is 31.6 Å². The van der Waals surface area contributed by atoms with Crippen molar-refractivity contribution in [2.24, 2.45) is 11.5 Å². The minimum atomic E-state index is -0.833. The van der Waals surface area contributed by atoms with Crippen molar-refractivity contribution in [3.05, 3.63) is 0 Å². The van der Waals surface area contributed by atoms with E-state index in [1.54, 1.807) is 0 Å². The zero-order valence-corrected chi connectivity index (χ0v) is 7.23. The third-order valence-electron chi connectivity index (χ3n) is 0.258. The fourth-order valence-corrected chi connectivity index (χ4v) is 0. The largest absolute Gasteiger partial charge is 0.481 e. The van der Waals surface area contributed by atoms with E-state index in [0.717, 1.165) is 6.92 Å². The van der Waals surface area contributed by atoms with Crippen molar-refractivity contribution in [2.45, 2.75) is 6.92 Å². The van der Waals surface area contributed by atoms with Crippen molar-refractivity contribution in [1.29, 1.82) is 0 Å². The summed E-state index contributed by atoms with van der Waals surface area (Å²) in [7, 11) is 0. The van der Waals surface area contributed by atoms with E-state index in [9.17, 15) is 0 Å². The summed E-state index contributed by atoms with van der Waals surface area (Å²) in [5.41, 5.74) is 9.56. The molecule has 0 aliphatic heterocycles. The van der Waals surface area contributed by atoms with Crippen molar-refractivity contribution < 1.29 is 20.1 Å². The minimum Gasteiger partial charge on any atom is -0.481 e. The average Bonchev–Trinajstić information content (AvgIpc) is 2.03. The number of carboxylic acid groups (broad SMARTS) is 1. The van der Waals surface area contributed by atoms with Gasteiger partial charge in [0.05, 0.1) is 13.2 Å². The molecule has 0 aromatic carbocycles. The molecule has 6 nitrogen and oxygen atoms in total. The Morgan fingerprint density at radius 1 is 1.17 bits per heavy atom. The van der Waals surface area contributed by atoms with E-state index in [1.165, 1.54) is 0 Å². The van der Waals surface area contributed by atoms with Gasteiger partial charge in [-0.15, -0.1) is 0 Å². The van der Waals surface area contributed by atoms with Gasteiger partial charge in [0, 0.05) is 20.0 Å². The van der Waals surface area contributed by atoms with Gasteiger partial charge in [-0.1, -0.05) is 0 Å². The lowest BCUT2D eigenvalue weighted by Crippen LogP contribution is -2.02. The quantitative estimate of drug-likeness (QED) is 0.334. The summed E-state index contributed by atoms with van der Waals surface area (Å²) in [6.45, 7) is 2.03. The van der Waals surface area contributed by atoms with Crippen molar-refractivity contribution >= 4 is 5.97 Å². The number of carboxylic acids is 1. The summed E-state index contributed by atoms with van der Waals surface area (Å²) < 4.78 is 0. The van der Waals surface area contributed by atoms with Gasteiger partial charge in [-0.25, -0.2) is 0 Å². The second-order valence-corrected chi connectivity index (χ2v) is 1.54. The van der Waals surface area contributed by atoms with Crippen LogP contribution in [-0.2, 0) is 4.79 Å². The summed E-state index contributed by atoms with van der Waals surface area (Å²) >= 11 is 0. The van der Waals surface area contributed by atoms with Gasteiger partial charge in [0.25, 0.3) is 5.97 Å². The third kappa shape index (κ3) is 375. The van der Waals surface area contributed by atoms with Gasteiger partial charge in [0.15, 0.2) is 0 Å². The smallest absolute Gasteiger partial charge is 0.300 e. The number of hydrogen-bond donors (Lipinski definition) is 5. The molecular weight excluding hydrogens is 164 g/mol. The van der Waals surface area contributed by atoms with E-state index in [-0.39, 0.29) is 13.2 Å². The first-order chi connectivity index (χ1) is 5.56. The molecule has 12 heavy (non-hydrogen) atoms. The molecular formula is C6H18N2O4. The van der Waals surface area contributed by atoms with Crippen LogP contribution in [-0.4, -0.2) is 47.6 Å². The number of nitrogens with two attached hydrogens (primary N) is 2. The van der Waals surface area contributed by atoms with Crippen LogP contribution in [0.2, 0.25) is 0 Å². The highest BCUT2D eigenvalue weighted by Crippen LogP contribution is 1.42. The molecule has 0 bridgehead atoms. The normalized spacial score (nSPS) is 7.08. The summed E-state index contributed by atoms with van der Waals surface area (Å²) in [6.07, 6.45) is 0. The first-order valence-electron chi connectivity index (χ1n) is 3.38. The maximum absolute atomic E-state index is 9.00. The van der Waals surface area contributed by atoms with Crippen LogP contribution in [0.5, 0.6) is 0 Å². The van der Waals surface area contributed by atoms with E-state index in [2.05, 4.69) is 0 Å². The van der Waals surface area contributed by atoms with E-state index < -0.39 is 5.97 Å². The van der Waals surface area contributed by atoms with Crippen molar-refractivity contribution in [2.75, 3.05) is 26.3 Å². The molecule has 0 radical (unpaired) electrons. The Kier molecular flexibility index (Phi) is 32.6. The molecule has 76 valence electrons. The van der Waals surface area contributed by atoms with E-state index >= 15 is 0 Å². The van der Waals surface area contributed by atoms with Gasteiger partial charge in [0.2, 0.25) is 0 Å². The second kappa shape index (κ2) is 22.4. The highest BCUT2D eigenvalue weighted by Gasteiger charge is 1.65. The first-order valence-corrected chi connectivity index (χ1v) is 3.38. The summed E-state index contributed by atoms with van der Waals surface area (Å²) in [6, 6.07) is 0. The number of rotatable bonds is 2. The van der Waals surface area contributed by atoms with E-state index in [1.807, 2.05) is 0 Å². The Bertz CT molecular complexity index is 67.9. The molecule has 0 rings (SSSR count). The van der Waals surface area contributed by atoms with Crippen molar-refractivity contribution in [3.63, 3.8) is 0 Å². The molecule has 0 unspecified atom stereocenters. The molecule has 6 heteroatoms. The molecule has 0 aliphatic carbocycles. The molecule has 0 aromatic rings. The van der Waals surface area contributed by atoms with Crippen molar-refractivity contribution in [1.82, 2.24) is 0 Å². The second-order valence-electron chi connectivity index (χ2n) is 1.54. The Balaban J connectivity index is -0.000000101. The van der Waals surface area contributed by atoms with Crippen LogP contribution in [0.1, 0.15) is 6.92 Å². The monoisotopic (exact) mass is 182 g/mol. The lowest BCUT2D eigenvalue weighted by Gasteiger charge is -1.71. The maximum Gasteiger partial charge on any atom is 0.300 e. The average molecular weight is 182 g/mol. The van der Waals surface area contributed by atoms with Gasteiger partial charge in [0.1, 0.15) is 0 Å². The van der Waals surface area contributed by atoms with Crippen LogP contribution in [0.25, 0.3) is 0 Å². The first kappa shape index (κ1) is 17.4. The molecule has 0 atom stereocenters. The predicted molar refractivity (Wildman–Crippen MR) is 45.6 cm³/mol. The highest BCUT2D eigenvalue weighted by molar-refractivity contribution is 5.62. The zero-order valence-electron chi connectivity index (χ0n) is 7.23. The SMILES string of the molecule is CC(=O)O.NCCO.NCCO. The Labute approximate surface area is 71.8 Å². The third-order valence-corrected chi connectivity index (χ3v) is 0.258. The standard InChI is InChI=1S/2C2H7NO.C2H4O2/c2*3-1-2-4;1-2(3)4/h2*4H,1-3H2;1H3,(H,3,4). The van der Waals surface area contributed by atoms with Gasteiger partial charge >= 0.3 is 0 Å². The summed E-state index contributed by atoms with van der Waals surface area (Å²) in [5, 5.41) is 22.9. The van der Waals surface area contributed by atoms with Crippen molar-refractivity contribution in [3.8, 4) is 0 Å². The number of aliphatic hydroxyl groups is 2. The van der Waals surface area contributed by atoms with Crippen LogP contribution < -0.4 is 11.5 Å². The molecule has 0 aliphatic rings. The predicted octanol–water partition coefficient (Wildman–Crippen LogP) is -2.03. The van der Waals surface area contributed by atoms with Crippen LogP contribution in [0, 0.1) is 0 Å². The van der Waals surface area contributed by atoms with Gasteiger partial charge in [-0.3, -0.25) is 4.79 Å². The van der Waals surface area contributed by atoms with Crippen LogP contribution in [0.15, 0.2) is 0 Å². The van der Waals surface area contributed by atoms with Crippen LogP contribution >= 0.6 is 0 Å². The molecule has 0 fully saturated rings. The molecule has 0 saturated heterocycles. The molecule has 0 amide bonds. The number of aliphatic carboxylic acids is 1. The highest BCUT2D eigenvalue weighted by atomic mass is 16.4. The van der Waals surface area contributed by atoms with Gasteiger partial charge < -0.3 is 26.8 Å². The van der Waals surface area contributed by atoms with Crippen LogP contribution in [0.4, 0.5) is 0 Å².